The van der Waals surface area contributed by atoms with E-state index in [9.17, 15) is 4.79 Å². The maximum absolute atomic E-state index is 11.9. The van der Waals surface area contributed by atoms with Crippen LogP contribution in [0.3, 0.4) is 0 Å². The maximum atomic E-state index is 11.9. The normalized spacial score (nSPS) is 10.5. The van der Waals surface area contributed by atoms with Gasteiger partial charge in [0, 0.05) is 18.7 Å². The van der Waals surface area contributed by atoms with Gasteiger partial charge in [-0.05, 0) is 44.0 Å². The molecule has 0 fully saturated rings. The van der Waals surface area contributed by atoms with E-state index in [1.807, 2.05) is 37.3 Å². The molecule has 22 heavy (non-hydrogen) atoms. The molecule has 0 aliphatic rings. The first kappa shape index (κ1) is 16.2. The van der Waals surface area contributed by atoms with Crippen LogP contribution in [-0.2, 0) is 11.2 Å². The fourth-order valence-electron chi connectivity index (χ4n) is 2.37. The predicted octanol–water partition coefficient (Wildman–Crippen LogP) is 3.46. The number of carbonyl (C=O) groups is 1. The highest BCUT2D eigenvalue weighted by atomic mass is 16.1. The number of carbonyl (C=O) groups excluding carboxylic acids is 1. The lowest BCUT2D eigenvalue weighted by molar-refractivity contribution is -0.116. The summed E-state index contributed by atoms with van der Waals surface area (Å²) in [7, 11) is 0. The summed E-state index contributed by atoms with van der Waals surface area (Å²) in [6.07, 6.45) is 1.47. The van der Waals surface area contributed by atoms with Gasteiger partial charge in [-0.1, -0.05) is 48.0 Å². The minimum absolute atomic E-state index is 0.0548. The van der Waals surface area contributed by atoms with Crippen molar-refractivity contribution in [2.45, 2.75) is 26.7 Å². The first-order valence-corrected chi connectivity index (χ1v) is 7.77. The number of benzene rings is 2. The minimum atomic E-state index is 0.0548. The molecule has 0 aromatic heterocycles. The molecule has 0 radical (unpaired) electrons. The van der Waals surface area contributed by atoms with Gasteiger partial charge < -0.3 is 10.6 Å². The van der Waals surface area contributed by atoms with Crippen LogP contribution in [-0.4, -0.2) is 19.0 Å². The summed E-state index contributed by atoms with van der Waals surface area (Å²) >= 11 is 0. The van der Waals surface area contributed by atoms with E-state index < -0.39 is 0 Å². The SMILES string of the molecule is Cc1ccc(NC(=O)CCNCCc2ccccc2)c(C)c1. The first-order chi connectivity index (χ1) is 10.6. The molecule has 0 spiro atoms. The second-order valence-corrected chi connectivity index (χ2v) is 5.60. The molecule has 2 rings (SSSR count). The van der Waals surface area contributed by atoms with Gasteiger partial charge >= 0.3 is 0 Å². The molecule has 0 aliphatic carbocycles. The van der Waals surface area contributed by atoms with Crippen molar-refractivity contribution in [1.82, 2.24) is 5.32 Å². The van der Waals surface area contributed by atoms with Crippen LogP contribution < -0.4 is 10.6 Å². The largest absolute Gasteiger partial charge is 0.326 e. The van der Waals surface area contributed by atoms with E-state index in [1.54, 1.807) is 0 Å². The van der Waals surface area contributed by atoms with Crippen LogP contribution in [0.1, 0.15) is 23.1 Å². The van der Waals surface area contributed by atoms with Crippen LogP contribution in [0, 0.1) is 13.8 Å². The Morgan fingerprint density at radius 3 is 2.50 bits per heavy atom. The Kier molecular flexibility index (Phi) is 6.16. The van der Waals surface area contributed by atoms with Crippen LogP contribution in [0.25, 0.3) is 0 Å². The molecule has 0 atom stereocenters. The van der Waals surface area contributed by atoms with E-state index in [4.69, 9.17) is 0 Å². The number of amides is 1. The Bertz CT molecular complexity index is 608. The first-order valence-electron chi connectivity index (χ1n) is 7.77. The number of nitrogens with one attached hydrogen (secondary N) is 2. The Hall–Kier alpha value is -2.13. The molecule has 0 bridgehead atoms. The molecule has 0 saturated carbocycles. The summed E-state index contributed by atoms with van der Waals surface area (Å²) in [5.41, 5.74) is 4.53. The smallest absolute Gasteiger partial charge is 0.225 e. The lowest BCUT2D eigenvalue weighted by Gasteiger charge is -2.09. The van der Waals surface area contributed by atoms with Gasteiger partial charge in [0.25, 0.3) is 0 Å². The second kappa shape index (κ2) is 8.35. The van der Waals surface area contributed by atoms with E-state index in [0.29, 0.717) is 13.0 Å². The number of anilines is 1. The second-order valence-electron chi connectivity index (χ2n) is 5.60. The van der Waals surface area contributed by atoms with Gasteiger partial charge in [-0.2, -0.15) is 0 Å². The van der Waals surface area contributed by atoms with E-state index >= 15 is 0 Å². The number of hydrogen-bond donors (Lipinski definition) is 2. The molecular weight excluding hydrogens is 272 g/mol. The molecule has 0 heterocycles. The lowest BCUT2D eigenvalue weighted by atomic mass is 10.1. The molecule has 3 nitrogen and oxygen atoms in total. The Morgan fingerprint density at radius 2 is 1.77 bits per heavy atom. The summed E-state index contributed by atoms with van der Waals surface area (Å²) in [5, 5.41) is 6.28. The van der Waals surface area contributed by atoms with Crippen molar-refractivity contribution in [3.8, 4) is 0 Å². The molecule has 2 aromatic carbocycles. The van der Waals surface area contributed by atoms with E-state index in [1.165, 1.54) is 11.1 Å². The monoisotopic (exact) mass is 296 g/mol. The highest BCUT2D eigenvalue weighted by Crippen LogP contribution is 2.15. The van der Waals surface area contributed by atoms with Crippen molar-refractivity contribution < 1.29 is 4.79 Å². The fourth-order valence-corrected chi connectivity index (χ4v) is 2.37. The highest BCUT2D eigenvalue weighted by molar-refractivity contribution is 5.91. The van der Waals surface area contributed by atoms with Crippen molar-refractivity contribution >= 4 is 11.6 Å². The summed E-state index contributed by atoms with van der Waals surface area (Å²) in [6.45, 7) is 5.65. The fraction of sp³-hybridized carbons (Fsp3) is 0.316. The summed E-state index contributed by atoms with van der Waals surface area (Å²) in [4.78, 5) is 11.9. The molecule has 3 heteroatoms. The molecule has 0 saturated heterocycles. The van der Waals surface area contributed by atoms with Crippen molar-refractivity contribution in [3.05, 3.63) is 65.2 Å². The quantitative estimate of drug-likeness (QED) is 0.768. The molecule has 0 aliphatic heterocycles. The minimum Gasteiger partial charge on any atom is -0.326 e. The van der Waals surface area contributed by atoms with Crippen LogP contribution in [0.5, 0.6) is 0 Å². The van der Waals surface area contributed by atoms with Gasteiger partial charge in [0.2, 0.25) is 5.91 Å². The average molecular weight is 296 g/mol. The Balaban J connectivity index is 1.65. The van der Waals surface area contributed by atoms with Crippen LogP contribution >= 0.6 is 0 Å². The van der Waals surface area contributed by atoms with Crippen LogP contribution in [0.15, 0.2) is 48.5 Å². The average Bonchev–Trinajstić information content (AvgIpc) is 2.51. The predicted molar refractivity (Wildman–Crippen MR) is 92.2 cm³/mol. The van der Waals surface area contributed by atoms with Gasteiger partial charge in [-0.15, -0.1) is 0 Å². The third-order valence-corrected chi connectivity index (χ3v) is 3.62. The molecule has 2 aromatic rings. The number of aryl methyl sites for hydroxylation is 2. The molecule has 0 unspecified atom stereocenters. The molecular formula is C19H24N2O. The van der Waals surface area contributed by atoms with Crippen molar-refractivity contribution in [1.29, 1.82) is 0 Å². The van der Waals surface area contributed by atoms with E-state index in [2.05, 4.69) is 35.8 Å². The van der Waals surface area contributed by atoms with Gasteiger partial charge in [-0.3, -0.25) is 4.79 Å². The van der Waals surface area contributed by atoms with Crippen LogP contribution in [0.2, 0.25) is 0 Å². The summed E-state index contributed by atoms with van der Waals surface area (Å²) in [6, 6.07) is 16.4. The number of rotatable bonds is 7. The molecule has 116 valence electrons. The lowest BCUT2D eigenvalue weighted by Crippen LogP contribution is -2.23. The zero-order chi connectivity index (χ0) is 15.8. The van der Waals surface area contributed by atoms with Crippen molar-refractivity contribution in [2.24, 2.45) is 0 Å². The number of hydrogen-bond acceptors (Lipinski definition) is 2. The zero-order valence-corrected chi connectivity index (χ0v) is 13.4. The van der Waals surface area contributed by atoms with Crippen LogP contribution in [0.4, 0.5) is 5.69 Å². The third kappa shape index (κ3) is 5.34. The standard InChI is InChI=1S/C19H24N2O/c1-15-8-9-18(16(2)14-15)21-19(22)11-13-20-12-10-17-6-4-3-5-7-17/h3-9,14,20H,10-13H2,1-2H3,(H,21,22). The van der Waals surface area contributed by atoms with E-state index in [0.717, 1.165) is 24.2 Å². The van der Waals surface area contributed by atoms with Crippen molar-refractivity contribution in [3.63, 3.8) is 0 Å². The molecule has 2 N–H and O–H groups in total. The summed E-state index contributed by atoms with van der Waals surface area (Å²) < 4.78 is 0. The van der Waals surface area contributed by atoms with Gasteiger partial charge in [0.15, 0.2) is 0 Å². The van der Waals surface area contributed by atoms with Gasteiger partial charge in [0.1, 0.15) is 0 Å². The summed E-state index contributed by atoms with van der Waals surface area (Å²) in [5.74, 6) is 0.0548. The van der Waals surface area contributed by atoms with Gasteiger partial charge in [-0.25, -0.2) is 0 Å². The zero-order valence-electron chi connectivity index (χ0n) is 13.4. The topological polar surface area (TPSA) is 41.1 Å². The van der Waals surface area contributed by atoms with Crippen molar-refractivity contribution in [2.75, 3.05) is 18.4 Å². The van der Waals surface area contributed by atoms with E-state index in [-0.39, 0.29) is 5.91 Å². The third-order valence-electron chi connectivity index (χ3n) is 3.62. The molecule has 1 amide bonds. The Morgan fingerprint density at radius 1 is 1.00 bits per heavy atom. The maximum Gasteiger partial charge on any atom is 0.225 e. The Labute approximate surface area is 132 Å². The highest BCUT2D eigenvalue weighted by Gasteiger charge is 2.04. The van der Waals surface area contributed by atoms with Gasteiger partial charge in [0.05, 0.1) is 0 Å².